The van der Waals surface area contributed by atoms with Crippen LogP contribution < -0.4 is 9.47 Å². The Morgan fingerprint density at radius 3 is 2.47 bits per heavy atom. The normalized spacial score (nSPS) is 11.9. The van der Waals surface area contributed by atoms with Crippen molar-refractivity contribution in [2.24, 2.45) is 0 Å². The van der Waals surface area contributed by atoms with Gasteiger partial charge in [0.05, 0.1) is 35.9 Å². The number of rotatable bonds is 5. The Labute approximate surface area is 124 Å². The van der Waals surface area contributed by atoms with Crippen molar-refractivity contribution in [3.63, 3.8) is 0 Å². The van der Waals surface area contributed by atoms with Crippen LogP contribution in [0.1, 0.15) is 18.6 Å². The third-order valence-corrected chi connectivity index (χ3v) is 3.27. The van der Waals surface area contributed by atoms with Crippen LogP contribution >= 0.6 is 27.5 Å². The Morgan fingerprint density at radius 2 is 2.00 bits per heavy atom. The minimum atomic E-state index is -1.54. The molecule has 0 amide bonds. The van der Waals surface area contributed by atoms with Gasteiger partial charge in [0.2, 0.25) is 0 Å². The van der Waals surface area contributed by atoms with E-state index in [2.05, 4.69) is 15.9 Å². The van der Waals surface area contributed by atoms with Crippen LogP contribution in [0.15, 0.2) is 10.5 Å². The maximum Gasteiger partial charge on any atom is 0.339 e. The largest absolute Gasteiger partial charge is 0.492 e. The first-order chi connectivity index (χ1) is 8.97. The van der Waals surface area contributed by atoms with Crippen LogP contribution in [0.5, 0.6) is 11.5 Å². The van der Waals surface area contributed by atoms with Crippen LogP contribution in [-0.4, -0.2) is 31.9 Å². The van der Waals surface area contributed by atoms with Crippen molar-refractivity contribution in [1.82, 2.24) is 0 Å². The molecular formula is C12H14BrClO5. The summed E-state index contributed by atoms with van der Waals surface area (Å²) in [6, 6.07) is 1.51. The number of carbonyl (C=O) groups excluding carboxylic acids is 1. The van der Waals surface area contributed by atoms with Crippen LogP contribution in [0, 0.1) is 0 Å². The molecule has 0 bridgehead atoms. The number of methoxy groups -OCH3 is 2. The summed E-state index contributed by atoms with van der Waals surface area (Å²) in [4.78, 5) is 11.6. The van der Waals surface area contributed by atoms with Gasteiger partial charge in [-0.15, -0.1) is 0 Å². The molecule has 1 N–H and O–H groups in total. The topological polar surface area (TPSA) is 65.0 Å². The smallest absolute Gasteiger partial charge is 0.339 e. The fraction of sp³-hybridized carbons (Fsp3) is 0.417. The highest BCUT2D eigenvalue weighted by atomic mass is 79.9. The fourth-order valence-electron chi connectivity index (χ4n) is 1.58. The molecule has 0 aromatic heterocycles. The zero-order valence-corrected chi connectivity index (χ0v) is 13.0. The molecule has 1 aromatic carbocycles. The maximum absolute atomic E-state index is 11.6. The van der Waals surface area contributed by atoms with Gasteiger partial charge in [-0.1, -0.05) is 11.6 Å². The molecule has 0 heterocycles. The van der Waals surface area contributed by atoms with Crippen molar-refractivity contribution < 1.29 is 24.1 Å². The number of halogens is 2. The summed E-state index contributed by atoms with van der Waals surface area (Å²) in [6.07, 6.45) is -1.54. The van der Waals surface area contributed by atoms with Crippen LogP contribution in [-0.2, 0) is 9.53 Å². The molecule has 1 rings (SSSR count). The lowest BCUT2D eigenvalue weighted by Gasteiger charge is -2.18. The molecular weight excluding hydrogens is 339 g/mol. The van der Waals surface area contributed by atoms with E-state index in [4.69, 9.17) is 25.8 Å². The molecule has 0 aliphatic rings. The van der Waals surface area contributed by atoms with Crippen molar-refractivity contribution in [3.8, 4) is 11.5 Å². The van der Waals surface area contributed by atoms with Gasteiger partial charge in [0.25, 0.3) is 0 Å². The monoisotopic (exact) mass is 352 g/mol. The molecule has 106 valence electrons. The first-order valence-corrected chi connectivity index (χ1v) is 6.59. The quantitative estimate of drug-likeness (QED) is 0.825. The van der Waals surface area contributed by atoms with Gasteiger partial charge in [-0.25, -0.2) is 4.79 Å². The van der Waals surface area contributed by atoms with Gasteiger partial charge in [0.15, 0.2) is 17.6 Å². The van der Waals surface area contributed by atoms with Crippen molar-refractivity contribution in [2.45, 2.75) is 13.0 Å². The van der Waals surface area contributed by atoms with E-state index in [1.54, 1.807) is 6.92 Å². The summed E-state index contributed by atoms with van der Waals surface area (Å²) in [5.74, 6) is -0.278. The summed E-state index contributed by atoms with van der Waals surface area (Å²) in [7, 11) is 2.83. The molecule has 1 atom stereocenters. The lowest BCUT2D eigenvalue weighted by molar-refractivity contribution is -0.153. The SMILES string of the molecule is CCOC(=O)C(O)c1c(Cl)cc(Br)c(OC)c1OC. The maximum atomic E-state index is 11.6. The average molecular weight is 354 g/mol. The van der Waals surface area contributed by atoms with E-state index in [0.29, 0.717) is 10.2 Å². The number of aliphatic hydroxyl groups is 1. The van der Waals surface area contributed by atoms with Gasteiger partial charge in [0, 0.05) is 0 Å². The van der Waals surface area contributed by atoms with Crippen molar-refractivity contribution in [2.75, 3.05) is 20.8 Å². The summed E-state index contributed by atoms with van der Waals surface area (Å²) in [5, 5.41) is 10.2. The Balaban J connectivity index is 3.37. The molecule has 0 aliphatic carbocycles. The van der Waals surface area contributed by atoms with E-state index >= 15 is 0 Å². The number of carbonyl (C=O) groups is 1. The van der Waals surface area contributed by atoms with Crippen molar-refractivity contribution in [1.29, 1.82) is 0 Å². The number of aliphatic hydroxyl groups excluding tert-OH is 1. The zero-order chi connectivity index (χ0) is 14.6. The minimum absolute atomic E-state index is 0.114. The number of benzene rings is 1. The predicted molar refractivity (Wildman–Crippen MR) is 73.8 cm³/mol. The molecule has 19 heavy (non-hydrogen) atoms. The summed E-state index contributed by atoms with van der Waals surface area (Å²) >= 11 is 9.31. The Kier molecular flexibility index (Phi) is 5.90. The van der Waals surface area contributed by atoms with Crippen LogP contribution in [0.3, 0.4) is 0 Å². The van der Waals surface area contributed by atoms with Crippen LogP contribution in [0.4, 0.5) is 0 Å². The van der Waals surface area contributed by atoms with E-state index in [1.165, 1.54) is 20.3 Å². The second-order valence-corrected chi connectivity index (χ2v) is 4.74. The Hall–Kier alpha value is -0.980. The van der Waals surface area contributed by atoms with Gasteiger partial charge >= 0.3 is 5.97 Å². The molecule has 0 saturated carbocycles. The highest BCUT2D eigenvalue weighted by Gasteiger charge is 2.29. The van der Waals surface area contributed by atoms with Gasteiger partial charge in [-0.2, -0.15) is 0 Å². The van der Waals surface area contributed by atoms with E-state index in [0.717, 1.165) is 0 Å². The molecule has 1 unspecified atom stereocenters. The van der Waals surface area contributed by atoms with E-state index in [-0.39, 0.29) is 22.9 Å². The van der Waals surface area contributed by atoms with E-state index in [1.807, 2.05) is 0 Å². The third-order valence-electron chi connectivity index (χ3n) is 2.37. The number of hydrogen-bond donors (Lipinski definition) is 1. The molecule has 7 heteroatoms. The number of ether oxygens (including phenoxy) is 3. The minimum Gasteiger partial charge on any atom is -0.492 e. The summed E-state index contributed by atoms with van der Waals surface area (Å²) in [6.45, 7) is 1.80. The second-order valence-electron chi connectivity index (χ2n) is 3.47. The van der Waals surface area contributed by atoms with Crippen molar-refractivity contribution in [3.05, 3.63) is 21.1 Å². The second kappa shape index (κ2) is 6.98. The van der Waals surface area contributed by atoms with Gasteiger partial charge in [0.1, 0.15) is 0 Å². The molecule has 0 saturated heterocycles. The van der Waals surface area contributed by atoms with Gasteiger partial charge < -0.3 is 19.3 Å². The van der Waals surface area contributed by atoms with E-state index < -0.39 is 12.1 Å². The molecule has 0 radical (unpaired) electrons. The average Bonchev–Trinajstić information content (AvgIpc) is 2.37. The highest BCUT2D eigenvalue weighted by Crippen LogP contribution is 2.44. The first kappa shape index (κ1) is 16.1. The third kappa shape index (κ3) is 3.32. The molecule has 5 nitrogen and oxygen atoms in total. The fourth-order valence-corrected chi connectivity index (χ4v) is 2.58. The lowest BCUT2D eigenvalue weighted by Crippen LogP contribution is -2.17. The lowest BCUT2D eigenvalue weighted by atomic mass is 10.1. The molecule has 0 fully saturated rings. The van der Waals surface area contributed by atoms with Crippen LogP contribution in [0.2, 0.25) is 5.02 Å². The summed E-state index contributed by atoms with van der Waals surface area (Å²) in [5.41, 5.74) is 0.114. The van der Waals surface area contributed by atoms with Crippen LogP contribution in [0.25, 0.3) is 0 Å². The highest BCUT2D eigenvalue weighted by molar-refractivity contribution is 9.10. The van der Waals surface area contributed by atoms with E-state index in [9.17, 15) is 9.90 Å². The van der Waals surface area contributed by atoms with Gasteiger partial charge in [-0.05, 0) is 28.9 Å². The van der Waals surface area contributed by atoms with Crippen molar-refractivity contribution >= 4 is 33.5 Å². The Bertz CT molecular complexity index is 478. The standard InChI is InChI=1S/C12H14BrClO5/c1-4-19-12(16)9(15)8-7(14)5-6(13)10(17-2)11(8)18-3/h5,9,15H,4H2,1-3H3. The zero-order valence-electron chi connectivity index (χ0n) is 10.7. The number of esters is 1. The molecule has 0 spiro atoms. The predicted octanol–water partition coefficient (Wildman–Crippen LogP) is 2.72. The Morgan fingerprint density at radius 1 is 1.42 bits per heavy atom. The van der Waals surface area contributed by atoms with Gasteiger partial charge in [-0.3, -0.25) is 0 Å². The number of hydrogen-bond acceptors (Lipinski definition) is 5. The summed E-state index contributed by atoms with van der Waals surface area (Å²) < 4.78 is 15.6. The molecule has 0 aliphatic heterocycles. The molecule has 1 aromatic rings. The first-order valence-electron chi connectivity index (χ1n) is 5.42.